The van der Waals surface area contributed by atoms with E-state index in [2.05, 4.69) is 25.3 Å². The molecule has 0 saturated carbocycles. The molecule has 2 aromatic heterocycles. The van der Waals surface area contributed by atoms with Gasteiger partial charge in [0.2, 0.25) is 0 Å². The molecular formula is C10H10ClN5. The van der Waals surface area contributed by atoms with E-state index in [4.69, 9.17) is 11.6 Å². The number of halogens is 1. The molecule has 0 atom stereocenters. The van der Waals surface area contributed by atoms with E-state index >= 15 is 0 Å². The van der Waals surface area contributed by atoms with E-state index in [9.17, 15) is 0 Å². The lowest BCUT2D eigenvalue weighted by molar-refractivity contribution is 1.01. The topological polar surface area (TPSA) is 63.6 Å². The van der Waals surface area contributed by atoms with Gasteiger partial charge in [0.1, 0.15) is 28.9 Å². The average Bonchev–Trinajstić information content (AvgIpc) is 2.15. The molecule has 1 N–H and O–H groups in total. The van der Waals surface area contributed by atoms with Crippen LogP contribution >= 0.6 is 11.6 Å². The molecule has 0 spiro atoms. The lowest BCUT2D eigenvalue weighted by atomic mass is 10.4. The lowest BCUT2D eigenvalue weighted by Crippen LogP contribution is -2.00. The quantitative estimate of drug-likeness (QED) is 0.809. The second kappa shape index (κ2) is 4.40. The monoisotopic (exact) mass is 235 g/mol. The van der Waals surface area contributed by atoms with Gasteiger partial charge in [0.05, 0.1) is 0 Å². The molecule has 0 amide bonds. The summed E-state index contributed by atoms with van der Waals surface area (Å²) in [5.41, 5.74) is 0.898. The van der Waals surface area contributed by atoms with Crippen LogP contribution in [0, 0.1) is 13.8 Å². The average molecular weight is 236 g/mol. The maximum absolute atomic E-state index is 5.75. The van der Waals surface area contributed by atoms with Crippen molar-refractivity contribution in [2.24, 2.45) is 0 Å². The van der Waals surface area contributed by atoms with Crippen LogP contribution in [0.4, 0.5) is 11.6 Å². The van der Waals surface area contributed by atoms with Crippen LogP contribution in [0.15, 0.2) is 18.5 Å². The first-order valence-corrected chi connectivity index (χ1v) is 5.08. The molecule has 2 aromatic rings. The Labute approximate surface area is 98.0 Å². The van der Waals surface area contributed by atoms with E-state index in [0.717, 1.165) is 5.69 Å². The van der Waals surface area contributed by atoms with Crippen molar-refractivity contribution in [3.8, 4) is 0 Å². The largest absolute Gasteiger partial charge is 0.325 e. The summed E-state index contributed by atoms with van der Waals surface area (Å²) in [6.45, 7) is 3.75. The first-order valence-electron chi connectivity index (χ1n) is 4.70. The van der Waals surface area contributed by atoms with Crippen LogP contribution in [-0.4, -0.2) is 19.9 Å². The summed E-state index contributed by atoms with van der Waals surface area (Å²) < 4.78 is 0. The number of nitrogens with zero attached hydrogens (tertiary/aromatic N) is 4. The first kappa shape index (κ1) is 10.8. The number of hydrogen-bond donors (Lipinski definition) is 1. The SMILES string of the molecule is Cc1cc(Nc2cc(Cl)ncn2)nc(C)n1. The van der Waals surface area contributed by atoms with Crippen molar-refractivity contribution in [2.75, 3.05) is 5.32 Å². The summed E-state index contributed by atoms with van der Waals surface area (Å²) in [4.78, 5) is 16.2. The van der Waals surface area contributed by atoms with Crippen molar-refractivity contribution in [1.29, 1.82) is 0 Å². The summed E-state index contributed by atoms with van der Waals surface area (Å²) in [7, 11) is 0. The third kappa shape index (κ3) is 2.64. The van der Waals surface area contributed by atoms with Crippen molar-refractivity contribution in [1.82, 2.24) is 19.9 Å². The van der Waals surface area contributed by atoms with Crippen LogP contribution in [0.25, 0.3) is 0 Å². The highest BCUT2D eigenvalue weighted by Gasteiger charge is 2.01. The fourth-order valence-corrected chi connectivity index (χ4v) is 1.46. The number of rotatable bonds is 2. The second-order valence-corrected chi connectivity index (χ2v) is 3.68. The molecule has 82 valence electrons. The minimum Gasteiger partial charge on any atom is -0.325 e. The molecule has 5 nitrogen and oxygen atoms in total. The van der Waals surface area contributed by atoms with Gasteiger partial charge in [-0.25, -0.2) is 19.9 Å². The number of aromatic nitrogens is 4. The first-order chi connectivity index (χ1) is 7.63. The van der Waals surface area contributed by atoms with Gasteiger partial charge in [0, 0.05) is 17.8 Å². The van der Waals surface area contributed by atoms with E-state index in [1.165, 1.54) is 6.33 Å². The third-order valence-electron chi connectivity index (χ3n) is 1.86. The third-order valence-corrected chi connectivity index (χ3v) is 2.06. The van der Waals surface area contributed by atoms with Crippen LogP contribution in [0.3, 0.4) is 0 Å². The zero-order valence-electron chi connectivity index (χ0n) is 8.90. The van der Waals surface area contributed by atoms with Crippen molar-refractivity contribution in [3.63, 3.8) is 0 Å². The van der Waals surface area contributed by atoms with Crippen molar-refractivity contribution in [3.05, 3.63) is 35.1 Å². The minimum atomic E-state index is 0.389. The van der Waals surface area contributed by atoms with Crippen LogP contribution in [-0.2, 0) is 0 Å². The van der Waals surface area contributed by atoms with Crippen LogP contribution in [0.5, 0.6) is 0 Å². The molecule has 2 heterocycles. The van der Waals surface area contributed by atoms with Crippen molar-refractivity contribution >= 4 is 23.2 Å². The Bertz CT molecular complexity index is 494. The number of nitrogens with one attached hydrogen (secondary N) is 1. The molecule has 16 heavy (non-hydrogen) atoms. The van der Waals surface area contributed by atoms with E-state index in [0.29, 0.717) is 22.6 Å². The Morgan fingerprint density at radius 1 is 1.06 bits per heavy atom. The predicted molar refractivity (Wildman–Crippen MR) is 61.8 cm³/mol. The summed E-state index contributed by atoms with van der Waals surface area (Å²) >= 11 is 5.75. The summed E-state index contributed by atoms with van der Waals surface area (Å²) in [5, 5.41) is 3.43. The van der Waals surface area contributed by atoms with Gasteiger partial charge in [-0.3, -0.25) is 0 Å². The Morgan fingerprint density at radius 3 is 2.56 bits per heavy atom. The van der Waals surface area contributed by atoms with E-state index in [1.807, 2.05) is 19.9 Å². The van der Waals surface area contributed by atoms with Crippen molar-refractivity contribution in [2.45, 2.75) is 13.8 Å². The Hall–Kier alpha value is -1.75. The van der Waals surface area contributed by atoms with Gasteiger partial charge >= 0.3 is 0 Å². The molecule has 0 radical (unpaired) electrons. The van der Waals surface area contributed by atoms with E-state index in [1.54, 1.807) is 6.07 Å². The normalized spacial score (nSPS) is 10.2. The Balaban J connectivity index is 2.27. The van der Waals surface area contributed by atoms with E-state index < -0.39 is 0 Å². The molecule has 0 bridgehead atoms. The fourth-order valence-electron chi connectivity index (χ4n) is 1.31. The maximum Gasteiger partial charge on any atom is 0.136 e. The summed E-state index contributed by atoms with van der Waals surface area (Å²) in [6, 6.07) is 3.47. The predicted octanol–water partition coefficient (Wildman–Crippen LogP) is 2.28. The molecule has 0 unspecified atom stereocenters. The van der Waals surface area contributed by atoms with Gasteiger partial charge in [0.15, 0.2) is 0 Å². The lowest BCUT2D eigenvalue weighted by Gasteiger charge is -2.05. The number of hydrogen-bond acceptors (Lipinski definition) is 5. The molecule has 0 fully saturated rings. The van der Waals surface area contributed by atoms with Gasteiger partial charge in [-0.05, 0) is 13.8 Å². The molecule has 2 rings (SSSR count). The smallest absolute Gasteiger partial charge is 0.136 e. The standard InChI is InChI=1S/C10H10ClN5/c1-6-3-10(15-7(2)14-6)16-9-4-8(11)12-5-13-9/h3-5H,1-2H3,(H,12,13,14,15,16). The molecule has 0 aliphatic rings. The highest BCUT2D eigenvalue weighted by atomic mass is 35.5. The van der Waals surface area contributed by atoms with Crippen LogP contribution in [0.1, 0.15) is 11.5 Å². The molecule has 6 heteroatoms. The van der Waals surface area contributed by atoms with Gasteiger partial charge in [-0.15, -0.1) is 0 Å². The van der Waals surface area contributed by atoms with Gasteiger partial charge < -0.3 is 5.32 Å². The molecule has 0 saturated heterocycles. The maximum atomic E-state index is 5.75. The summed E-state index contributed by atoms with van der Waals surface area (Å²) in [6.07, 6.45) is 1.39. The van der Waals surface area contributed by atoms with Crippen molar-refractivity contribution < 1.29 is 0 Å². The van der Waals surface area contributed by atoms with Gasteiger partial charge in [-0.1, -0.05) is 11.6 Å². The highest BCUT2D eigenvalue weighted by Crippen LogP contribution is 2.14. The Kier molecular flexibility index (Phi) is 2.96. The number of anilines is 2. The molecule has 0 aromatic carbocycles. The highest BCUT2D eigenvalue weighted by molar-refractivity contribution is 6.29. The molecule has 0 aliphatic heterocycles. The van der Waals surface area contributed by atoms with E-state index in [-0.39, 0.29) is 0 Å². The zero-order valence-corrected chi connectivity index (χ0v) is 9.65. The van der Waals surface area contributed by atoms with Gasteiger partial charge in [0.25, 0.3) is 0 Å². The fraction of sp³-hybridized carbons (Fsp3) is 0.200. The molecular weight excluding hydrogens is 226 g/mol. The Morgan fingerprint density at radius 2 is 1.88 bits per heavy atom. The van der Waals surface area contributed by atoms with Gasteiger partial charge in [-0.2, -0.15) is 0 Å². The second-order valence-electron chi connectivity index (χ2n) is 3.29. The van der Waals surface area contributed by atoms with Crippen LogP contribution in [0.2, 0.25) is 5.15 Å². The minimum absolute atomic E-state index is 0.389. The zero-order chi connectivity index (χ0) is 11.5. The summed E-state index contributed by atoms with van der Waals surface area (Å²) in [5.74, 6) is 2.01. The number of aryl methyl sites for hydroxylation is 2. The molecule has 0 aliphatic carbocycles. The van der Waals surface area contributed by atoms with Crippen LogP contribution < -0.4 is 5.32 Å².